The zero-order chi connectivity index (χ0) is 21.1. The lowest BCUT2D eigenvalue weighted by Crippen LogP contribution is -2.35. The standard InChI is InChI=1S/C24H23FN4O2/c1-13-26-22-19(31-13)12-17(23-27-18-5-3-2-4-16(18)24(30)28-23)20(21(22)25)14-8-10-29(11-9-14)15-6-7-15/h2-5,12,14-15H,6-11H2,1H3,(H,27,28,30). The van der Waals surface area contributed by atoms with Crippen molar-refractivity contribution in [2.24, 2.45) is 0 Å². The maximum Gasteiger partial charge on any atom is 0.259 e. The number of nitrogens with zero attached hydrogens (tertiary/aromatic N) is 3. The van der Waals surface area contributed by atoms with E-state index < -0.39 is 0 Å². The molecule has 0 unspecified atom stereocenters. The van der Waals surface area contributed by atoms with Crippen LogP contribution in [0.5, 0.6) is 0 Å². The predicted molar refractivity (Wildman–Crippen MR) is 117 cm³/mol. The van der Waals surface area contributed by atoms with Gasteiger partial charge in [-0.15, -0.1) is 0 Å². The SMILES string of the molecule is Cc1nc2c(F)c(C3CCN(C4CC4)CC3)c(-c3nc4ccccc4c(=O)[nH]3)cc2o1. The van der Waals surface area contributed by atoms with Crippen molar-refractivity contribution in [2.45, 2.75) is 44.6 Å². The molecule has 158 valence electrons. The first-order valence-corrected chi connectivity index (χ1v) is 10.9. The summed E-state index contributed by atoms with van der Waals surface area (Å²) in [5, 5.41) is 0.516. The number of likely N-dealkylation sites (tertiary alicyclic amines) is 1. The van der Waals surface area contributed by atoms with Crippen molar-refractivity contribution in [2.75, 3.05) is 13.1 Å². The number of oxazole rings is 1. The molecule has 0 radical (unpaired) electrons. The highest BCUT2D eigenvalue weighted by Gasteiger charge is 2.34. The quantitative estimate of drug-likeness (QED) is 0.529. The Hall–Kier alpha value is -3.06. The fourth-order valence-corrected chi connectivity index (χ4v) is 4.95. The van der Waals surface area contributed by atoms with Crippen LogP contribution >= 0.6 is 0 Å². The number of aromatic nitrogens is 3. The first-order chi connectivity index (χ1) is 15.1. The maximum atomic E-state index is 15.8. The molecule has 1 saturated heterocycles. The Balaban J connectivity index is 1.53. The van der Waals surface area contributed by atoms with Gasteiger partial charge in [-0.25, -0.2) is 14.4 Å². The summed E-state index contributed by atoms with van der Waals surface area (Å²) in [6, 6.07) is 9.69. The molecule has 7 heteroatoms. The Morgan fingerprint density at radius 2 is 1.90 bits per heavy atom. The maximum absolute atomic E-state index is 15.8. The Morgan fingerprint density at radius 1 is 1.13 bits per heavy atom. The van der Waals surface area contributed by atoms with Gasteiger partial charge in [0.1, 0.15) is 11.3 Å². The molecule has 2 fully saturated rings. The highest BCUT2D eigenvalue weighted by Crippen LogP contribution is 2.41. The van der Waals surface area contributed by atoms with Crippen molar-refractivity contribution in [1.82, 2.24) is 19.9 Å². The molecule has 1 aliphatic heterocycles. The van der Waals surface area contributed by atoms with E-state index in [1.165, 1.54) is 12.8 Å². The minimum absolute atomic E-state index is 0.0446. The lowest BCUT2D eigenvalue weighted by atomic mass is 9.85. The van der Waals surface area contributed by atoms with Crippen LogP contribution < -0.4 is 5.56 Å². The molecule has 0 spiro atoms. The minimum Gasteiger partial charge on any atom is -0.441 e. The summed E-state index contributed by atoms with van der Waals surface area (Å²) in [5.41, 5.74) is 2.17. The second-order valence-electron chi connectivity index (χ2n) is 8.70. The average molecular weight is 418 g/mol. The number of halogens is 1. The van der Waals surface area contributed by atoms with Crippen LogP contribution in [0.15, 0.2) is 39.5 Å². The lowest BCUT2D eigenvalue weighted by molar-refractivity contribution is 0.202. The van der Waals surface area contributed by atoms with Crippen LogP contribution in [0.1, 0.15) is 43.1 Å². The summed E-state index contributed by atoms with van der Waals surface area (Å²) >= 11 is 0. The number of nitrogens with one attached hydrogen (secondary N) is 1. The monoisotopic (exact) mass is 418 g/mol. The van der Waals surface area contributed by atoms with Crippen molar-refractivity contribution in [3.63, 3.8) is 0 Å². The van der Waals surface area contributed by atoms with Crippen LogP contribution in [0.4, 0.5) is 4.39 Å². The van der Waals surface area contributed by atoms with Crippen LogP contribution in [0, 0.1) is 12.7 Å². The first kappa shape index (κ1) is 18.7. The summed E-state index contributed by atoms with van der Waals surface area (Å²) in [5.74, 6) is 0.479. The summed E-state index contributed by atoms with van der Waals surface area (Å²) in [6.45, 7) is 3.64. The van der Waals surface area contributed by atoms with E-state index in [0.717, 1.165) is 25.9 Å². The van der Waals surface area contributed by atoms with E-state index in [9.17, 15) is 4.79 Å². The number of rotatable bonds is 3. The molecule has 3 heterocycles. The number of aryl methyl sites for hydroxylation is 1. The molecule has 31 heavy (non-hydrogen) atoms. The molecule has 0 amide bonds. The van der Waals surface area contributed by atoms with Gasteiger partial charge in [0.05, 0.1) is 10.9 Å². The molecule has 2 aromatic carbocycles. The van der Waals surface area contributed by atoms with Crippen LogP contribution in [0.25, 0.3) is 33.4 Å². The molecular weight excluding hydrogens is 395 g/mol. The van der Waals surface area contributed by atoms with Gasteiger partial charge in [0, 0.05) is 24.1 Å². The number of aromatic amines is 1. The number of para-hydroxylation sites is 1. The van der Waals surface area contributed by atoms with Gasteiger partial charge in [-0.3, -0.25) is 4.79 Å². The molecule has 1 aliphatic carbocycles. The number of piperidine rings is 1. The van der Waals surface area contributed by atoms with Crippen molar-refractivity contribution in [3.8, 4) is 11.4 Å². The van der Waals surface area contributed by atoms with Crippen molar-refractivity contribution < 1.29 is 8.81 Å². The van der Waals surface area contributed by atoms with E-state index in [1.807, 2.05) is 6.07 Å². The van der Waals surface area contributed by atoms with Gasteiger partial charge in [0.25, 0.3) is 5.56 Å². The van der Waals surface area contributed by atoms with Crippen LogP contribution in [0.3, 0.4) is 0 Å². The highest BCUT2D eigenvalue weighted by molar-refractivity contribution is 5.84. The van der Waals surface area contributed by atoms with Crippen molar-refractivity contribution in [1.29, 1.82) is 0 Å². The molecule has 1 saturated carbocycles. The third kappa shape index (κ3) is 3.15. The van der Waals surface area contributed by atoms with Crippen LogP contribution in [0.2, 0.25) is 0 Å². The summed E-state index contributed by atoms with van der Waals surface area (Å²) in [7, 11) is 0. The lowest BCUT2D eigenvalue weighted by Gasteiger charge is -2.33. The Bertz CT molecular complexity index is 1360. The third-order valence-corrected chi connectivity index (χ3v) is 6.64. The van der Waals surface area contributed by atoms with Gasteiger partial charge in [0.2, 0.25) is 0 Å². The smallest absolute Gasteiger partial charge is 0.259 e. The number of fused-ring (bicyclic) bond motifs is 2. The van der Waals surface area contributed by atoms with Crippen LogP contribution in [-0.2, 0) is 0 Å². The number of hydrogen-bond acceptors (Lipinski definition) is 5. The molecule has 6 nitrogen and oxygen atoms in total. The normalized spacial score (nSPS) is 18.3. The van der Waals surface area contributed by atoms with Gasteiger partial charge < -0.3 is 14.3 Å². The first-order valence-electron chi connectivity index (χ1n) is 10.9. The molecule has 1 N–H and O–H groups in total. The van der Waals surface area contributed by atoms with Crippen molar-refractivity contribution in [3.05, 3.63) is 58.0 Å². The van der Waals surface area contributed by atoms with E-state index in [1.54, 1.807) is 31.2 Å². The average Bonchev–Trinajstić information content (AvgIpc) is 3.55. The highest BCUT2D eigenvalue weighted by atomic mass is 19.1. The minimum atomic E-state index is -0.356. The third-order valence-electron chi connectivity index (χ3n) is 6.64. The van der Waals surface area contributed by atoms with E-state index in [4.69, 9.17) is 4.42 Å². The molecule has 2 aromatic heterocycles. The molecule has 2 aliphatic rings. The predicted octanol–water partition coefficient (Wildman–Crippen LogP) is 4.52. The van der Waals surface area contributed by atoms with E-state index in [0.29, 0.717) is 45.4 Å². The topological polar surface area (TPSA) is 75.0 Å². The Kier molecular flexibility index (Phi) is 4.21. The van der Waals surface area contributed by atoms with Gasteiger partial charge >= 0.3 is 0 Å². The fourth-order valence-electron chi connectivity index (χ4n) is 4.95. The number of H-pyrrole nitrogens is 1. The Morgan fingerprint density at radius 3 is 2.68 bits per heavy atom. The summed E-state index contributed by atoms with van der Waals surface area (Å²) in [4.78, 5) is 27.1. The molecular formula is C24H23FN4O2. The summed E-state index contributed by atoms with van der Waals surface area (Å²) in [6.07, 6.45) is 4.30. The largest absolute Gasteiger partial charge is 0.441 e. The second kappa shape index (κ2) is 6.99. The van der Waals surface area contributed by atoms with E-state index in [-0.39, 0.29) is 22.8 Å². The molecule has 6 rings (SSSR count). The zero-order valence-electron chi connectivity index (χ0n) is 17.3. The molecule has 0 atom stereocenters. The van der Waals surface area contributed by atoms with Crippen molar-refractivity contribution >= 4 is 22.0 Å². The van der Waals surface area contributed by atoms with Gasteiger partial charge in [-0.2, -0.15) is 0 Å². The van der Waals surface area contributed by atoms with Gasteiger partial charge in [-0.05, 0) is 62.9 Å². The van der Waals surface area contributed by atoms with Gasteiger partial charge in [0.15, 0.2) is 17.3 Å². The van der Waals surface area contributed by atoms with Gasteiger partial charge in [-0.1, -0.05) is 12.1 Å². The van der Waals surface area contributed by atoms with Crippen LogP contribution in [-0.4, -0.2) is 39.0 Å². The number of hydrogen-bond donors (Lipinski definition) is 1. The van der Waals surface area contributed by atoms with E-state index in [2.05, 4.69) is 19.9 Å². The zero-order valence-corrected chi connectivity index (χ0v) is 17.3. The van der Waals surface area contributed by atoms with E-state index >= 15 is 4.39 Å². The Labute approximate surface area is 178 Å². The number of benzene rings is 2. The summed E-state index contributed by atoms with van der Waals surface area (Å²) < 4.78 is 21.5. The molecule has 0 bridgehead atoms. The second-order valence-corrected chi connectivity index (χ2v) is 8.70. The fraction of sp³-hybridized carbons (Fsp3) is 0.375. The molecule has 4 aromatic rings.